The van der Waals surface area contributed by atoms with Crippen molar-refractivity contribution in [2.45, 2.75) is 71.1 Å². The van der Waals surface area contributed by atoms with Crippen LogP contribution in [0.25, 0.3) is 0 Å². The second-order valence-electron chi connectivity index (χ2n) is 6.25. The molecule has 19 heavy (non-hydrogen) atoms. The van der Waals surface area contributed by atoms with E-state index in [1.807, 2.05) is 0 Å². The van der Waals surface area contributed by atoms with Crippen molar-refractivity contribution in [3.8, 4) is 0 Å². The quantitative estimate of drug-likeness (QED) is 0.270. The van der Waals surface area contributed by atoms with Gasteiger partial charge < -0.3 is 21.5 Å². The van der Waals surface area contributed by atoms with Gasteiger partial charge in [-0.1, -0.05) is 45.4 Å². The number of alkyl halides is 1. The number of hydrogen-bond donors (Lipinski definition) is 0. The molecule has 0 bridgehead atoms. The predicted octanol–water partition coefficient (Wildman–Crippen LogP) is 2.23. The lowest BCUT2D eigenvalue weighted by molar-refractivity contribution is -0.890. The van der Waals surface area contributed by atoms with Crippen LogP contribution in [0.5, 0.6) is 0 Å². The maximum atomic E-state index is 5.72. The fourth-order valence-corrected chi connectivity index (χ4v) is 2.61. The van der Waals surface area contributed by atoms with Gasteiger partial charge in [-0.3, -0.25) is 0 Å². The Morgan fingerprint density at radius 3 is 1.58 bits per heavy atom. The standard InChI is InChI=1S/C16H35ClN.BrH/c1-4-5-6-7-8-9-10-12-15-18(2,3)16-13-11-14-17;/h4-16H2,1-3H3;1H/q+1;/p-1. The summed E-state index contributed by atoms with van der Waals surface area (Å²) in [5.41, 5.74) is 0. The minimum atomic E-state index is 0. The molecule has 0 N–H and O–H groups in total. The van der Waals surface area contributed by atoms with Crippen molar-refractivity contribution in [2.24, 2.45) is 0 Å². The summed E-state index contributed by atoms with van der Waals surface area (Å²) in [6.45, 7) is 4.89. The van der Waals surface area contributed by atoms with Crippen LogP contribution in [-0.4, -0.2) is 37.5 Å². The highest BCUT2D eigenvalue weighted by atomic mass is 79.9. The smallest absolute Gasteiger partial charge is 0.0782 e. The van der Waals surface area contributed by atoms with Crippen LogP contribution in [0.2, 0.25) is 0 Å². The lowest BCUT2D eigenvalue weighted by Gasteiger charge is -2.29. The molecule has 118 valence electrons. The second-order valence-corrected chi connectivity index (χ2v) is 6.63. The molecule has 0 fully saturated rings. The molecule has 0 aliphatic carbocycles. The molecule has 0 aromatic heterocycles. The molecule has 0 saturated carbocycles. The normalized spacial score (nSPS) is 11.4. The van der Waals surface area contributed by atoms with Crippen molar-refractivity contribution < 1.29 is 21.5 Å². The first-order valence-electron chi connectivity index (χ1n) is 8.00. The fourth-order valence-electron chi connectivity index (χ4n) is 2.42. The van der Waals surface area contributed by atoms with Crippen LogP contribution < -0.4 is 17.0 Å². The van der Waals surface area contributed by atoms with Gasteiger partial charge in [0, 0.05) is 5.88 Å². The van der Waals surface area contributed by atoms with Crippen LogP contribution in [0, 0.1) is 0 Å². The van der Waals surface area contributed by atoms with E-state index < -0.39 is 0 Å². The number of quaternary nitrogens is 1. The van der Waals surface area contributed by atoms with E-state index in [0.29, 0.717) is 0 Å². The molecule has 0 amide bonds. The molecule has 3 heteroatoms. The topological polar surface area (TPSA) is 0 Å². The lowest BCUT2D eigenvalue weighted by atomic mass is 10.1. The van der Waals surface area contributed by atoms with E-state index in [9.17, 15) is 0 Å². The highest BCUT2D eigenvalue weighted by molar-refractivity contribution is 6.17. The minimum Gasteiger partial charge on any atom is -1.00 e. The van der Waals surface area contributed by atoms with Crippen molar-refractivity contribution in [1.29, 1.82) is 0 Å². The third kappa shape index (κ3) is 16.7. The van der Waals surface area contributed by atoms with Gasteiger partial charge in [-0.2, -0.15) is 0 Å². The Kier molecular flexibility index (Phi) is 17.5. The molecule has 0 aromatic carbocycles. The van der Waals surface area contributed by atoms with E-state index >= 15 is 0 Å². The average molecular weight is 357 g/mol. The van der Waals surface area contributed by atoms with E-state index in [0.717, 1.165) is 5.88 Å². The highest BCUT2D eigenvalue weighted by Crippen LogP contribution is 2.11. The minimum absolute atomic E-state index is 0. The molecule has 0 unspecified atom stereocenters. The molecule has 0 atom stereocenters. The Hall–Kier alpha value is 0.730. The van der Waals surface area contributed by atoms with Crippen molar-refractivity contribution in [3.63, 3.8) is 0 Å². The SMILES string of the molecule is CCCCCCCCCC[N+](C)(C)CCCCCl.[Br-]. The van der Waals surface area contributed by atoms with Crippen molar-refractivity contribution in [3.05, 3.63) is 0 Å². The summed E-state index contributed by atoms with van der Waals surface area (Å²) in [4.78, 5) is 0. The molecule has 0 aliphatic rings. The first kappa shape index (κ1) is 22.0. The number of unbranched alkanes of at least 4 members (excludes halogenated alkanes) is 8. The fraction of sp³-hybridized carbons (Fsp3) is 1.00. The molecule has 1 nitrogen and oxygen atoms in total. The highest BCUT2D eigenvalue weighted by Gasteiger charge is 2.13. The summed E-state index contributed by atoms with van der Waals surface area (Å²) in [6, 6.07) is 0. The van der Waals surface area contributed by atoms with E-state index in [2.05, 4.69) is 21.0 Å². The van der Waals surface area contributed by atoms with E-state index in [-0.39, 0.29) is 17.0 Å². The predicted molar refractivity (Wildman–Crippen MR) is 84.4 cm³/mol. The summed E-state index contributed by atoms with van der Waals surface area (Å²) >= 11 is 5.72. The number of nitrogens with zero attached hydrogens (tertiary/aromatic N) is 1. The van der Waals surface area contributed by atoms with E-state index in [1.54, 1.807) is 0 Å². The maximum Gasteiger partial charge on any atom is 0.0782 e. The third-order valence-electron chi connectivity index (χ3n) is 3.76. The molecule has 0 aromatic rings. The van der Waals surface area contributed by atoms with Crippen molar-refractivity contribution in [2.75, 3.05) is 33.1 Å². The van der Waals surface area contributed by atoms with Crippen LogP contribution in [0.4, 0.5) is 0 Å². The number of rotatable bonds is 13. The van der Waals surface area contributed by atoms with Gasteiger partial charge in [0.25, 0.3) is 0 Å². The Morgan fingerprint density at radius 1 is 0.684 bits per heavy atom. The zero-order valence-electron chi connectivity index (χ0n) is 13.4. The molecular weight excluding hydrogens is 322 g/mol. The van der Waals surface area contributed by atoms with Gasteiger partial charge in [0.1, 0.15) is 0 Å². The summed E-state index contributed by atoms with van der Waals surface area (Å²) in [7, 11) is 4.71. The van der Waals surface area contributed by atoms with Crippen molar-refractivity contribution >= 4 is 11.6 Å². The Balaban J connectivity index is 0. The zero-order valence-corrected chi connectivity index (χ0v) is 15.7. The van der Waals surface area contributed by atoms with Gasteiger partial charge in [0.05, 0.1) is 27.2 Å². The third-order valence-corrected chi connectivity index (χ3v) is 4.03. The Bertz CT molecular complexity index is 174. The largest absolute Gasteiger partial charge is 1.00 e. The molecular formula is C16H35BrClN. The monoisotopic (exact) mass is 355 g/mol. The molecule has 0 heterocycles. The van der Waals surface area contributed by atoms with Gasteiger partial charge in [-0.25, -0.2) is 0 Å². The Morgan fingerprint density at radius 2 is 1.11 bits per heavy atom. The molecule has 0 radical (unpaired) electrons. The Labute approximate surface area is 137 Å². The maximum absolute atomic E-state index is 5.72. The van der Waals surface area contributed by atoms with Crippen LogP contribution in [0.1, 0.15) is 71.1 Å². The van der Waals surface area contributed by atoms with Gasteiger partial charge >= 0.3 is 0 Å². The second kappa shape index (κ2) is 15.1. The van der Waals surface area contributed by atoms with Crippen LogP contribution >= 0.6 is 11.6 Å². The first-order valence-corrected chi connectivity index (χ1v) is 8.54. The lowest BCUT2D eigenvalue weighted by Crippen LogP contribution is -3.00. The average Bonchev–Trinajstić information content (AvgIpc) is 2.33. The van der Waals surface area contributed by atoms with Gasteiger partial charge in [0.2, 0.25) is 0 Å². The van der Waals surface area contributed by atoms with Crippen LogP contribution in [-0.2, 0) is 0 Å². The molecule has 0 spiro atoms. The van der Waals surface area contributed by atoms with Gasteiger partial charge in [0.15, 0.2) is 0 Å². The molecule has 0 saturated heterocycles. The first-order chi connectivity index (χ1) is 8.62. The summed E-state index contributed by atoms with van der Waals surface area (Å²) in [5.74, 6) is 0.817. The van der Waals surface area contributed by atoms with Crippen LogP contribution in [0.15, 0.2) is 0 Å². The summed E-state index contributed by atoms with van der Waals surface area (Å²) in [5, 5.41) is 0. The summed E-state index contributed by atoms with van der Waals surface area (Å²) in [6.07, 6.45) is 13.8. The van der Waals surface area contributed by atoms with Crippen LogP contribution in [0.3, 0.4) is 0 Å². The molecule has 0 rings (SSSR count). The zero-order chi connectivity index (χ0) is 13.7. The van der Waals surface area contributed by atoms with E-state index in [4.69, 9.17) is 11.6 Å². The number of halogens is 2. The molecule has 0 aliphatic heterocycles. The van der Waals surface area contributed by atoms with Gasteiger partial charge in [-0.05, 0) is 25.7 Å². The van der Waals surface area contributed by atoms with Gasteiger partial charge in [-0.15, -0.1) is 11.6 Å². The van der Waals surface area contributed by atoms with E-state index in [1.165, 1.54) is 81.8 Å². The summed E-state index contributed by atoms with van der Waals surface area (Å²) < 4.78 is 1.17. The van der Waals surface area contributed by atoms with Crippen molar-refractivity contribution in [1.82, 2.24) is 0 Å². The number of hydrogen-bond acceptors (Lipinski definition) is 0.